The number of piperidine rings is 3. The van der Waals surface area contributed by atoms with Crippen LogP contribution in [-0.2, 0) is 19.6 Å². The third-order valence-electron chi connectivity index (χ3n) is 7.15. The number of sulfonamides is 1. The minimum Gasteiger partial charge on any atom is -0.469 e. The highest BCUT2D eigenvalue weighted by atomic mass is 35.5. The summed E-state index contributed by atoms with van der Waals surface area (Å²) in [6.07, 6.45) is 6.02. The van der Waals surface area contributed by atoms with Crippen molar-refractivity contribution in [1.82, 2.24) is 9.21 Å². The summed E-state index contributed by atoms with van der Waals surface area (Å²) >= 11 is 5.99. The molecule has 3 heterocycles. The zero-order chi connectivity index (χ0) is 21.3. The molecule has 3 aliphatic rings. The highest BCUT2D eigenvalue weighted by Gasteiger charge is 2.51. The molecule has 4 atom stereocenters. The van der Waals surface area contributed by atoms with Gasteiger partial charge in [0, 0.05) is 30.1 Å². The summed E-state index contributed by atoms with van der Waals surface area (Å²) in [4.78, 5) is 14.5. The number of rotatable bonds is 6. The number of carbonyl (C=O) groups excluding carboxylic acids is 1. The van der Waals surface area contributed by atoms with E-state index in [9.17, 15) is 13.2 Å². The Kier molecular flexibility index (Phi) is 6.73. The lowest BCUT2D eigenvalue weighted by Crippen LogP contribution is -2.65. The molecule has 3 saturated heterocycles. The largest absolute Gasteiger partial charge is 0.469 e. The Hall–Kier alpha value is -1.15. The van der Waals surface area contributed by atoms with E-state index in [1.807, 2.05) is 0 Å². The molecule has 30 heavy (non-hydrogen) atoms. The van der Waals surface area contributed by atoms with Gasteiger partial charge in [-0.25, -0.2) is 8.42 Å². The van der Waals surface area contributed by atoms with E-state index in [0.717, 1.165) is 38.8 Å². The predicted octanol–water partition coefficient (Wildman–Crippen LogP) is 3.55. The van der Waals surface area contributed by atoms with E-state index in [1.54, 1.807) is 28.6 Å². The molecule has 0 amide bonds. The maximum atomic E-state index is 13.7. The quantitative estimate of drug-likeness (QED) is 0.615. The van der Waals surface area contributed by atoms with Gasteiger partial charge < -0.3 is 4.74 Å². The van der Waals surface area contributed by atoms with Crippen molar-refractivity contribution in [3.63, 3.8) is 0 Å². The smallest absolute Gasteiger partial charge is 0.305 e. The molecule has 3 aliphatic heterocycles. The summed E-state index contributed by atoms with van der Waals surface area (Å²) in [6, 6.07) is 6.85. The predicted molar refractivity (Wildman–Crippen MR) is 116 cm³/mol. The lowest BCUT2D eigenvalue weighted by molar-refractivity contribution is -0.140. The molecule has 0 unspecified atom stereocenters. The highest BCUT2D eigenvalue weighted by molar-refractivity contribution is 7.89. The maximum Gasteiger partial charge on any atom is 0.305 e. The Morgan fingerprint density at radius 1 is 1.17 bits per heavy atom. The van der Waals surface area contributed by atoms with Gasteiger partial charge in [-0.15, -0.1) is 0 Å². The van der Waals surface area contributed by atoms with Gasteiger partial charge in [0.1, 0.15) is 0 Å². The Labute approximate surface area is 184 Å². The standard InChI is InChI=1S/C22H31ClN2O4S/c1-29-21(26)8-2-7-20-19-6-4-14-24-13-3-5-16(22(19)24)15-25(20)30(27,28)18-11-9-17(23)10-12-18/h9-12,16,19-20,22H,2-8,13-15H2,1H3/t16-,19-,20-,22+/m1/s1. The summed E-state index contributed by atoms with van der Waals surface area (Å²) in [6.45, 7) is 2.80. The van der Waals surface area contributed by atoms with Crippen LogP contribution in [0.1, 0.15) is 44.9 Å². The molecule has 8 heteroatoms. The van der Waals surface area contributed by atoms with Crippen LogP contribution in [0.5, 0.6) is 0 Å². The molecule has 166 valence electrons. The van der Waals surface area contributed by atoms with Crippen molar-refractivity contribution in [2.75, 3.05) is 26.7 Å². The van der Waals surface area contributed by atoms with Gasteiger partial charge in [0.25, 0.3) is 0 Å². The summed E-state index contributed by atoms with van der Waals surface area (Å²) in [5, 5.41) is 0.525. The van der Waals surface area contributed by atoms with Crippen LogP contribution in [0.15, 0.2) is 29.2 Å². The van der Waals surface area contributed by atoms with E-state index in [4.69, 9.17) is 16.3 Å². The Balaban J connectivity index is 1.65. The van der Waals surface area contributed by atoms with E-state index in [-0.39, 0.29) is 12.0 Å². The Bertz CT molecular complexity index is 858. The normalized spacial score (nSPS) is 29.9. The monoisotopic (exact) mass is 454 g/mol. The average Bonchev–Trinajstić information content (AvgIpc) is 2.75. The number of hydrogen-bond acceptors (Lipinski definition) is 5. The first kappa shape index (κ1) is 22.1. The fourth-order valence-electron chi connectivity index (χ4n) is 5.89. The number of hydrogen-bond donors (Lipinski definition) is 0. The number of esters is 1. The molecular formula is C22H31ClN2O4S. The fraction of sp³-hybridized carbons (Fsp3) is 0.682. The minimum atomic E-state index is -3.63. The van der Waals surface area contributed by atoms with Crippen molar-refractivity contribution < 1.29 is 17.9 Å². The first-order chi connectivity index (χ1) is 14.4. The molecule has 4 rings (SSSR count). The molecule has 1 aromatic rings. The Morgan fingerprint density at radius 3 is 2.57 bits per heavy atom. The first-order valence-corrected chi connectivity index (χ1v) is 12.8. The van der Waals surface area contributed by atoms with Gasteiger partial charge in [-0.3, -0.25) is 9.69 Å². The number of methoxy groups -OCH3 is 1. The maximum absolute atomic E-state index is 13.7. The van der Waals surface area contributed by atoms with Crippen molar-refractivity contribution in [2.45, 2.75) is 61.9 Å². The average molecular weight is 455 g/mol. The lowest BCUT2D eigenvalue weighted by Gasteiger charge is -2.57. The van der Waals surface area contributed by atoms with Crippen LogP contribution >= 0.6 is 11.6 Å². The second-order valence-corrected chi connectivity index (χ2v) is 11.1. The van der Waals surface area contributed by atoms with Gasteiger partial charge in [0.15, 0.2) is 0 Å². The van der Waals surface area contributed by atoms with Crippen molar-refractivity contribution in [2.24, 2.45) is 11.8 Å². The summed E-state index contributed by atoms with van der Waals surface area (Å²) < 4.78 is 33.9. The molecule has 0 saturated carbocycles. The first-order valence-electron chi connectivity index (χ1n) is 11.0. The number of benzene rings is 1. The molecule has 1 aromatic carbocycles. The van der Waals surface area contributed by atoms with Crippen LogP contribution in [0.25, 0.3) is 0 Å². The summed E-state index contributed by atoms with van der Waals surface area (Å²) in [5.41, 5.74) is 0. The zero-order valence-electron chi connectivity index (χ0n) is 17.5. The Morgan fingerprint density at radius 2 is 1.87 bits per heavy atom. The van der Waals surface area contributed by atoms with E-state index in [2.05, 4.69) is 4.90 Å². The van der Waals surface area contributed by atoms with Gasteiger partial charge >= 0.3 is 5.97 Å². The second kappa shape index (κ2) is 9.15. The molecule has 0 aliphatic carbocycles. The molecule has 0 bridgehead atoms. The van der Waals surface area contributed by atoms with Crippen LogP contribution in [-0.4, -0.2) is 62.4 Å². The highest BCUT2D eigenvalue weighted by Crippen LogP contribution is 2.45. The molecule has 0 N–H and O–H groups in total. The molecule has 0 spiro atoms. The lowest BCUT2D eigenvalue weighted by atomic mass is 9.70. The van der Waals surface area contributed by atoms with Crippen LogP contribution in [0.4, 0.5) is 0 Å². The fourth-order valence-corrected chi connectivity index (χ4v) is 7.77. The number of nitrogens with zero attached hydrogens (tertiary/aromatic N) is 2. The number of ether oxygens (including phenoxy) is 1. The van der Waals surface area contributed by atoms with Gasteiger partial charge in [-0.2, -0.15) is 4.31 Å². The summed E-state index contributed by atoms with van der Waals surface area (Å²) in [7, 11) is -2.24. The van der Waals surface area contributed by atoms with Crippen molar-refractivity contribution in [3.05, 3.63) is 29.3 Å². The number of carbonyl (C=O) groups is 1. The molecule has 3 fully saturated rings. The van der Waals surface area contributed by atoms with E-state index < -0.39 is 10.0 Å². The number of halogens is 1. The molecule has 0 radical (unpaired) electrons. The minimum absolute atomic E-state index is 0.0857. The third kappa shape index (κ3) is 4.27. The third-order valence-corrected chi connectivity index (χ3v) is 9.31. The van der Waals surface area contributed by atoms with Crippen molar-refractivity contribution in [1.29, 1.82) is 0 Å². The van der Waals surface area contributed by atoms with E-state index >= 15 is 0 Å². The van der Waals surface area contributed by atoms with Crippen molar-refractivity contribution in [3.8, 4) is 0 Å². The van der Waals surface area contributed by atoms with E-state index in [0.29, 0.717) is 53.6 Å². The molecule has 6 nitrogen and oxygen atoms in total. The van der Waals surface area contributed by atoms with Gasteiger partial charge in [-0.1, -0.05) is 11.6 Å². The SMILES string of the molecule is COC(=O)CCC[C@@H]1[C@H]2CCCN3CCC[C@H](CN1S(=O)(=O)c1ccc(Cl)cc1)[C@@H]23. The van der Waals surface area contributed by atoms with Gasteiger partial charge in [0.05, 0.1) is 12.0 Å². The van der Waals surface area contributed by atoms with Gasteiger partial charge in [-0.05, 0) is 87.7 Å². The van der Waals surface area contributed by atoms with Crippen molar-refractivity contribution >= 4 is 27.6 Å². The van der Waals surface area contributed by atoms with Crippen LogP contribution in [0, 0.1) is 11.8 Å². The molecule has 0 aromatic heterocycles. The van der Waals surface area contributed by atoms with Crippen LogP contribution in [0.2, 0.25) is 5.02 Å². The van der Waals surface area contributed by atoms with Crippen LogP contribution < -0.4 is 0 Å². The topological polar surface area (TPSA) is 66.9 Å². The summed E-state index contributed by atoms with van der Waals surface area (Å²) in [5.74, 6) is 0.458. The van der Waals surface area contributed by atoms with E-state index in [1.165, 1.54) is 7.11 Å². The zero-order valence-corrected chi connectivity index (χ0v) is 19.1. The van der Waals surface area contributed by atoms with Crippen LogP contribution in [0.3, 0.4) is 0 Å². The second-order valence-electron chi connectivity index (χ2n) is 8.80. The molecular weight excluding hydrogens is 424 g/mol. The van der Waals surface area contributed by atoms with Gasteiger partial charge in [0.2, 0.25) is 10.0 Å².